The predicted molar refractivity (Wildman–Crippen MR) is 90.8 cm³/mol. The summed E-state index contributed by atoms with van der Waals surface area (Å²) in [6, 6.07) is 3.05. The molecule has 0 spiro atoms. The highest BCUT2D eigenvalue weighted by Gasteiger charge is 2.24. The second-order valence-corrected chi connectivity index (χ2v) is 5.82. The third-order valence-corrected chi connectivity index (χ3v) is 3.66. The molecule has 0 bridgehead atoms. The molecule has 8 heteroatoms. The lowest BCUT2D eigenvalue weighted by molar-refractivity contribution is -0.146. The van der Waals surface area contributed by atoms with Crippen LogP contribution in [0.25, 0.3) is 0 Å². The molecule has 1 rings (SSSR count). The second kappa shape index (κ2) is 11.2. The fourth-order valence-corrected chi connectivity index (χ4v) is 2.51. The Morgan fingerprint density at radius 2 is 1.33 bits per heavy atom. The van der Waals surface area contributed by atoms with Crippen LogP contribution in [0.1, 0.15) is 51.0 Å². The molecular weight excluding hydrogens is 362 g/mol. The van der Waals surface area contributed by atoms with Crippen LogP contribution in [-0.4, -0.2) is 36.7 Å². The summed E-state index contributed by atoms with van der Waals surface area (Å²) in [5.41, 5.74) is 0.225. The molecule has 0 saturated heterocycles. The highest BCUT2D eigenvalue weighted by Crippen LogP contribution is 2.27. The molecule has 27 heavy (non-hydrogen) atoms. The first-order chi connectivity index (χ1) is 12.8. The Morgan fingerprint density at radius 3 is 1.74 bits per heavy atom. The SMILES string of the molecule is CCOC(=O)CC(=O)CC(CC(=O)CC(=O)OCC)c1ccc(F)c(F)c1. The second-order valence-electron chi connectivity index (χ2n) is 5.82. The summed E-state index contributed by atoms with van der Waals surface area (Å²) in [4.78, 5) is 47.1. The first kappa shape index (κ1) is 22.4. The van der Waals surface area contributed by atoms with Crippen molar-refractivity contribution >= 4 is 23.5 Å². The number of benzene rings is 1. The summed E-state index contributed by atoms with van der Waals surface area (Å²) in [5.74, 6) is -5.40. The lowest BCUT2D eigenvalue weighted by Gasteiger charge is -2.16. The molecule has 0 aliphatic carbocycles. The van der Waals surface area contributed by atoms with Crippen molar-refractivity contribution in [3.63, 3.8) is 0 Å². The van der Waals surface area contributed by atoms with E-state index in [1.165, 1.54) is 6.07 Å². The molecule has 1 aromatic carbocycles. The number of carbonyl (C=O) groups is 4. The summed E-state index contributed by atoms with van der Waals surface area (Å²) in [6.07, 6.45) is -1.48. The molecule has 0 amide bonds. The van der Waals surface area contributed by atoms with Gasteiger partial charge in [-0.25, -0.2) is 8.78 Å². The quantitative estimate of drug-likeness (QED) is 0.431. The Hall–Kier alpha value is -2.64. The van der Waals surface area contributed by atoms with Crippen LogP contribution in [0, 0.1) is 11.6 Å². The van der Waals surface area contributed by atoms with Crippen LogP contribution in [0.5, 0.6) is 0 Å². The van der Waals surface area contributed by atoms with Crippen molar-refractivity contribution in [2.45, 2.75) is 45.4 Å². The minimum Gasteiger partial charge on any atom is -0.466 e. The highest BCUT2D eigenvalue weighted by atomic mass is 19.2. The van der Waals surface area contributed by atoms with E-state index in [0.29, 0.717) is 0 Å². The van der Waals surface area contributed by atoms with Gasteiger partial charge in [-0.05, 0) is 37.5 Å². The number of hydrogen-bond acceptors (Lipinski definition) is 6. The number of ketones is 2. The fraction of sp³-hybridized carbons (Fsp3) is 0.474. The maximum absolute atomic E-state index is 13.5. The molecule has 0 aliphatic heterocycles. The third-order valence-electron chi connectivity index (χ3n) is 3.66. The van der Waals surface area contributed by atoms with Crippen molar-refractivity contribution < 1.29 is 37.4 Å². The van der Waals surface area contributed by atoms with Crippen molar-refractivity contribution in [3.05, 3.63) is 35.4 Å². The van der Waals surface area contributed by atoms with E-state index in [1.54, 1.807) is 13.8 Å². The number of carbonyl (C=O) groups excluding carboxylic acids is 4. The molecule has 0 N–H and O–H groups in total. The number of rotatable bonds is 11. The predicted octanol–water partition coefficient (Wildman–Crippen LogP) is 2.87. The van der Waals surface area contributed by atoms with E-state index in [2.05, 4.69) is 0 Å². The summed E-state index contributed by atoms with van der Waals surface area (Å²) in [6.45, 7) is 3.44. The molecule has 0 unspecified atom stereocenters. The number of Topliss-reactive ketones (excluding diaryl/α,β-unsaturated/α-hetero) is 2. The molecule has 148 valence electrons. The first-order valence-corrected chi connectivity index (χ1v) is 8.56. The van der Waals surface area contributed by atoms with Crippen LogP contribution in [0.4, 0.5) is 8.78 Å². The molecule has 0 radical (unpaired) electrons. The van der Waals surface area contributed by atoms with E-state index in [1.807, 2.05) is 0 Å². The zero-order valence-corrected chi connectivity index (χ0v) is 15.3. The van der Waals surface area contributed by atoms with Gasteiger partial charge in [0.25, 0.3) is 0 Å². The van der Waals surface area contributed by atoms with Crippen molar-refractivity contribution in [1.29, 1.82) is 0 Å². The Morgan fingerprint density at radius 1 is 0.852 bits per heavy atom. The Balaban J connectivity index is 2.90. The summed E-state index contributed by atoms with van der Waals surface area (Å²) >= 11 is 0. The smallest absolute Gasteiger partial charge is 0.313 e. The van der Waals surface area contributed by atoms with Gasteiger partial charge in [0.15, 0.2) is 11.6 Å². The molecule has 0 saturated carbocycles. The van der Waals surface area contributed by atoms with E-state index >= 15 is 0 Å². The van der Waals surface area contributed by atoms with Gasteiger partial charge >= 0.3 is 11.9 Å². The maximum atomic E-state index is 13.5. The molecule has 0 heterocycles. The van der Waals surface area contributed by atoms with Crippen LogP contribution >= 0.6 is 0 Å². The van der Waals surface area contributed by atoms with Crippen LogP contribution in [0.15, 0.2) is 18.2 Å². The van der Waals surface area contributed by atoms with Gasteiger partial charge < -0.3 is 9.47 Å². The van der Waals surface area contributed by atoms with Gasteiger partial charge in [-0.15, -0.1) is 0 Å². The lowest BCUT2D eigenvalue weighted by Crippen LogP contribution is -2.18. The standard InChI is InChI=1S/C19H22F2O6/c1-3-26-18(24)10-14(22)7-13(8-15(23)11-19(25)27-4-2)12-5-6-16(20)17(21)9-12/h5-6,9,13H,3-4,7-8,10-11H2,1-2H3. The summed E-state index contributed by atoms with van der Waals surface area (Å²) < 4.78 is 36.1. The van der Waals surface area contributed by atoms with Crippen molar-refractivity contribution in [3.8, 4) is 0 Å². The van der Waals surface area contributed by atoms with Crippen LogP contribution in [-0.2, 0) is 28.7 Å². The summed E-state index contributed by atoms with van der Waals surface area (Å²) in [7, 11) is 0. The molecule has 0 atom stereocenters. The number of esters is 2. The molecule has 6 nitrogen and oxygen atoms in total. The van der Waals surface area contributed by atoms with E-state index in [0.717, 1.165) is 12.1 Å². The molecular formula is C19H22F2O6. The van der Waals surface area contributed by atoms with Gasteiger partial charge in [0.1, 0.15) is 24.4 Å². The van der Waals surface area contributed by atoms with Crippen LogP contribution in [0.2, 0.25) is 0 Å². The van der Waals surface area contributed by atoms with Gasteiger partial charge in [0.2, 0.25) is 0 Å². The van der Waals surface area contributed by atoms with Crippen molar-refractivity contribution in [2.24, 2.45) is 0 Å². The van der Waals surface area contributed by atoms with Crippen LogP contribution < -0.4 is 0 Å². The number of hydrogen-bond donors (Lipinski definition) is 0. The molecule has 0 fully saturated rings. The monoisotopic (exact) mass is 384 g/mol. The molecule has 0 aliphatic rings. The van der Waals surface area contributed by atoms with Gasteiger partial charge in [0, 0.05) is 12.8 Å². The topological polar surface area (TPSA) is 86.7 Å². The Kier molecular flexibility index (Phi) is 9.25. The largest absolute Gasteiger partial charge is 0.466 e. The fourth-order valence-electron chi connectivity index (χ4n) is 2.51. The minimum absolute atomic E-state index is 0.122. The molecule has 0 aromatic heterocycles. The minimum atomic E-state index is -1.12. The van der Waals surface area contributed by atoms with E-state index < -0.39 is 53.9 Å². The van der Waals surface area contributed by atoms with Gasteiger partial charge in [0.05, 0.1) is 13.2 Å². The number of ether oxygens (including phenoxy) is 2. The van der Waals surface area contributed by atoms with E-state index in [-0.39, 0.29) is 31.6 Å². The zero-order valence-electron chi connectivity index (χ0n) is 15.3. The van der Waals surface area contributed by atoms with Gasteiger partial charge in [-0.1, -0.05) is 6.07 Å². The average molecular weight is 384 g/mol. The van der Waals surface area contributed by atoms with Gasteiger partial charge in [-0.2, -0.15) is 0 Å². The molecule has 1 aromatic rings. The zero-order chi connectivity index (χ0) is 20.4. The lowest BCUT2D eigenvalue weighted by atomic mass is 9.88. The average Bonchev–Trinajstić information content (AvgIpc) is 2.56. The van der Waals surface area contributed by atoms with E-state index in [4.69, 9.17) is 9.47 Å². The van der Waals surface area contributed by atoms with Crippen LogP contribution in [0.3, 0.4) is 0 Å². The highest BCUT2D eigenvalue weighted by molar-refractivity contribution is 5.98. The Bertz CT molecular complexity index is 667. The normalized spacial score (nSPS) is 10.6. The van der Waals surface area contributed by atoms with Crippen molar-refractivity contribution in [1.82, 2.24) is 0 Å². The van der Waals surface area contributed by atoms with Gasteiger partial charge in [-0.3, -0.25) is 19.2 Å². The third kappa shape index (κ3) is 8.06. The first-order valence-electron chi connectivity index (χ1n) is 8.56. The number of halogens is 2. The van der Waals surface area contributed by atoms with Crippen molar-refractivity contribution in [2.75, 3.05) is 13.2 Å². The Labute approximate surface area is 155 Å². The summed E-state index contributed by atoms with van der Waals surface area (Å²) in [5, 5.41) is 0. The maximum Gasteiger partial charge on any atom is 0.313 e. The van der Waals surface area contributed by atoms with E-state index in [9.17, 15) is 28.0 Å².